The van der Waals surface area contributed by atoms with E-state index in [1.807, 2.05) is 42.5 Å². The lowest BCUT2D eigenvalue weighted by Crippen LogP contribution is -2.24. The number of nitrogens with one attached hydrogen (secondary N) is 2. The maximum Gasteiger partial charge on any atom is 0.287 e. The van der Waals surface area contributed by atoms with E-state index in [0.717, 1.165) is 66.8 Å². The van der Waals surface area contributed by atoms with Crippen molar-refractivity contribution in [1.82, 2.24) is 10.6 Å². The third-order valence-corrected chi connectivity index (χ3v) is 5.77. The Balaban J connectivity index is 1.17. The minimum Gasteiger partial charge on any atom is -0.494 e. The number of fused-ring (bicyclic) bond motifs is 2. The number of carbonyl (C=O) groups excluding carboxylic acids is 1. The molecule has 2 heterocycles. The van der Waals surface area contributed by atoms with Crippen LogP contribution in [0.25, 0.3) is 11.0 Å². The van der Waals surface area contributed by atoms with Crippen molar-refractivity contribution in [2.75, 3.05) is 39.5 Å². The van der Waals surface area contributed by atoms with Crippen molar-refractivity contribution < 1.29 is 23.4 Å². The fourth-order valence-electron chi connectivity index (χ4n) is 3.98. The van der Waals surface area contributed by atoms with Gasteiger partial charge in [0.2, 0.25) is 0 Å². The van der Waals surface area contributed by atoms with E-state index in [4.69, 9.17) is 18.6 Å². The van der Waals surface area contributed by atoms with E-state index in [0.29, 0.717) is 32.1 Å². The lowest BCUT2D eigenvalue weighted by molar-refractivity contribution is 0.0256. The largest absolute Gasteiger partial charge is 0.494 e. The Morgan fingerprint density at radius 3 is 2.85 bits per heavy atom. The molecule has 7 heteroatoms. The molecule has 2 aromatic carbocycles. The Labute approximate surface area is 200 Å². The molecule has 0 saturated heterocycles. The molecular weight excluding hydrogens is 432 g/mol. The lowest BCUT2D eigenvalue weighted by atomic mass is 10.0. The van der Waals surface area contributed by atoms with Gasteiger partial charge in [-0.25, -0.2) is 0 Å². The summed E-state index contributed by atoms with van der Waals surface area (Å²) in [7, 11) is 0. The minimum atomic E-state index is -0.192. The van der Waals surface area contributed by atoms with Crippen LogP contribution in [0, 0.1) is 0 Å². The zero-order valence-corrected chi connectivity index (χ0v) is 19.8. The number of furan rings is 1. The smallest absolute Gasteiger partial charge is 0.287 e. The van der Waals surface area contributed by atoms with Crippen molar-refractivity contribution in [3.05, 3.63) is 59.9 Å². The van der Waals surface area contributed by atoms with E-state index < -0.39 is 0 Å². The second-order valence-corrected chi connectivity index (χ2v) is 8.41. The number of para-hydroxylation sites is 1. The van der Waals surface area contributed by atoms with Gasteiger partial charge in [0.1, 0.15) is 17.1 Å². The molecule has 2 N–H and O–H groups in total. The predicted molar refractivity (Wildman–Crippen MR) is 132 cm³/mol. The Morgan fingerprint density at radius 1 is 1.06 bits per heavy atom. The first-order chi connectivity index (χ1) is 16.7. The van der Waals surface area contributed by atoms with Gasteiger partial charge < -0.3 is 29.3 Å². The fraction of sp³-hybridized carbons (Fsp3) is 0.444. The summed E-state index contributed by atoms with van der Waals surface area (Å²) >= 11 is 0. The number of amides is 1. The standard InChI is InChI=1S/C27H34N2O5/c1-2-12-28-14-17-33-25-11-16-32-24-10-9-21(19-22(24)25)31-15-6-5-13-29-27(30)26-18-20-7-3-4-8-23(20)34-26/h3-4,7-10,18-19,25,28H,2,5-6,11-17H2,1H3,(H,29,30)/t25-/m0/s1. The van der Waals surface area contributed by atoms with E-state index in [9.17, 15) is 4.79 Å². The zero-order valence-electron chi connectivity index (χ0n) is 19.8. The SMILES string of the molecule is CCCNCCO[C@H]1CCOc2ccc(OCCCCNC(=O)c3cc4ccccc4o3)cc21. The Kier molecular flexibility index (Phi) is 8.82. The first kappa shape index (κ1) is 24.1. The van der Waals surface area contributed by atoms with Crippen LogP contribution in [-0.4, -0.2) is 45.4 Å². The topological polar surface area (TPSA) is 82.0 Å². The fourth-order valence-corrected chi connectivity index (χ4v) is 3.98. The number of hydrogen-bond donors (Lipinski definition) is 2. The van der Waals surface area contributed by atoms with E-state index in [2.05, 4.69) is 17.6 Å². The number of hydrogen-bond acceptors (Lipinski definition) is 6. The average molecular weight is 467 g/mol. The summed E-state index contributed by atoms with van der Waals surface area (Å²) in [5.41, 5.74) is 1.77. The van der Waals surface area contributed by atoms with Gasteiger partial charge in [-0.1, -0.05) is 25.1 Å². The molecule has 1 aliphatic rings. The van der Waals surface area contributed by atoms with E-state index >= 15 is 0 Å². The van der Waals surface area contributed by atoms with Gasteiger partial charge in [-0.15, -0.1) is 0 Å². The highest BCUT2D eigenvalue weighted by Crippen LogP contribution is 2.36. The molecule has 4 rings (SSSR count). The van der Waals surface area contributed by atoms with Gasteiger partial charge in [-0.3, -0.25) is 4.79 Å². The first-order valence-corrected chi connectivity index (χ1v) is 12.2. The Bertz CT molecular complexity index is 1030. The van der Waals surface area contributed by atoms with Gasteiger partial charge in [-0.2, -0.15) is 0 Å². The number of carbonyl (C=O) groups is 1. The molecular formula is C27H34N2O5. The number of ether oxygens (including phenoxy) is 3. The van der Waals surface area contributed by atoms with Crippen molar-refractivity contribution in [3.63, 3.8) is 0 Å². The Hall–Kier alpha value is -3.03. The van der Waals surface area contributed by atoms with E-state index in [1.165, 1.54) is 0 Å². The number of unbranched alkanes of at least 4 members (excludes halogenated alkanes) is 1. The summed E-state index contributed by atoms with van der Waals surface area (Å²) in [5, 5.41) is 7.20. The maximum atomic E-state index is 12.3. The molecule has 0 spiro atoms. The molecule has 0 aliphatic carbocycles. The minimum absolute atomic E-state index is 0.0317. The molecule has 3 aromatic rings. The molecule has 182 valence electrons. The van der Waals surface area contributed by atoms with Gasteiger partial charge in [0.25, 0.3) is 5.91 Å². The monoisotopic (exact) mass is 466 g/mol. The van der Waals surface area contributed by atoms with Gasteiger partial charge in [0.15, 0.2) is 5.76 Å². The molecule has 34 heavy (non-hydrogen) atoms. The molecule has 1 atom stereocenters. The van der Waals surface area contributed by atoms with Crippen LogP contribution in [0.1, 0.15) is 54.8 Å². The predicted octanol–water partition coefficient (Wildman–Crippen LogP) is 4.86. The first-order valence-electron chi connectivity index (χ1n) is 12.2. The molecule has 0 radical (unpaired) electrons. The summed E-state index contributed by atoms with van der Waals surface area (Å²) in [5.74, 6) is 1.83. The van der Waals surface area contributed by atoms with Crippen molar-refractivity contribution >= 4 is 16.9 Å². The van der Waals surface area contributed by atoms with E-state index in [1.54, 1.807) is 6.07 Å². The maximum absolute atomic E-state index is 12.3. The molecule has 0 bridgehead atoms. The van der Waals surface area contributed by atoms with Crippen LogP contribution in [-0.2, 0) is 4.74 Å². The van der Waals surface area contributed by atoms with Crippen LogP contribution in [0.15, 0.2) is 52.9 Å². The second kappa shape index (κ2) is 12.4. The molecule has 0 saturated carbocycles. The van der Waals surface area contributed by atoms with Gasteiger partial charge in [-0.05, 0) is 56.1 Å². The highest BCUT2D eigenvalue weighted by Gasteiger charge is 2.22. The van der Waals surface area contributed by atoms with Crippen LogP contribution in [0.3, 0.4) is 0 Å². The van der Waals surface area contributed by atoms with Gasteiger partial charge in [0, 0.05) is 30.5 Å². The molecule has 1 amide bonds. The van der Waals surface area contributed by atoms with Gasteiger partial charge in [0.05, 0.1) is 25.9 Å². The quantitative estimate of drug-likeness (QED) is 0.350. The summed E-state index contributed by atoms with van der Waals surface area (Å²) in [6, 6.07) is 15.3. The van der Waals surface area contributed by atoms with Gasteiger partial charge >= 0.3 is 0 Å². The average Bonchev–Trinajstić information content (AvgIpc) is 3.30. The van der Waals surface area contributed by atoms with Crippen LogP contribution in [0.4, 0.5) is 0 Å². The highest BCUT2D eigenvalue weighted by atomic mass is 16.5. The third kappa shape index (κ3) is 6.52. The number of rotatable bonds is 13. The normalized spacial score (nSPS) is 15.0. The third-order valence-electron chi connectivity index (χ3n) is 5.77. The van der Waals surface area contributed by atoms with Crippen LogP contribution in [0.5, 0.6) is 11.5 Å². The van der Waals surface area contributed by atoms with Crippen molar-refractivity contribution in [2.24, 2.45) is 0 Å². The Morgan fingerprint density at radius 2 is 1.97 bits per heavy atom. The summed E-state index contributed by atoms with van der Waals surface area (Å²) in [6.45, 7) is 6.50. The molecule has 1 aliphatic heterocycles. The van der Waals surface area contributed by atoms with Crippen LogP contribution in [0.2, 0.25) is 0 Å². The lowest BCUT2D eigenvalue weighted by Gasteiger charge is -2.26. The second-order valence-electron chi connectivity index (χ2n) is 8.41. The van der Waals surface area contributed by atoms with Crippen molar-refractivity contribution in [1.29, 1.82) is 0 Å². The summed E-state index contributed by atoms with van der Waals surface area (Å²) in [6.07, 6.45) is 3.64. The summed E-state index contributed by atoms with van der Waals surface area (Å²) < 4.78 is 23.4. The number of benzene rings is 2. The van der Waals surface area contributed by atoms with Crippen molar-refractivity contribution in [2.45, 2.75) is 38.7 Å². The van der Waals surface area contributed by atoms with Crippen LogP contribution >= 0.6 is 0 Å². The summed E-state index contributed by atoms with van der Waals surface area (Å²) in [4.78, 5) is 12.3. The molecule has 0 fully saturated rings. The van der Waals surface area contributed by atoms with Crippen molar-refractivity contribution in [3.8, 4) is 11.5 Å². The van der Waals surface area contributed by atoms with Crippen LogP contribution < -0.4 is 20.1 Å². The molecule has 7 nitrogen and oxygen atoms in total. The molecule has 1 aromatic heterocycles. The highest BCUT2D eigenvalue weighted by molar-refractivity contribution is 5.96. The van der Waals surface area contributed by atoms with E-state index in [-0.39, 0.29) is 12.0 Å². The molecule has 0 unspecified atom stereocenters. The zero-order chi connectivity index (χ0) is 23.6.